The first-order valence-corrected chi connectivity index (χ1v) is 16.9. The van der Waals surface area contributed by atoms with Gasteiger partial charge in [0.25, 0.3) is 0 Å². The van der Waals surface area contributed by atoms with E-state index in [1.54, 1.807) is 13.8 Å². The largest absolute Gasteiger partial charge is 0.507 e. The highest BCUT2D eigenvalue weighted by atomic mass is 16.5. The van der Waals surface area contributed by atoms with Crippen LogP contribution in [0.3, 0.4) is 0 Å². The molecule has 2 aromatic carbocycles. The molecular formula is C39H60N2O7. The fourth-order valence-electron chi connectivity index (χ4n) is 5.61. The summed E-state index contributed by atoms with van der Waals surface area (Å²) < 4.78 is 10.7. The molecule has 0 aliphatic carbocycles. The lowest BCUT2D eigenvalue weighted by molar-refractivity contribution is -0.145. The SMILES string of the molecule is CCOC(=O)C(Cc1cc(C(C)(C)C)c(O)c(C(C)(C)C)c1)NC(=O)NC(Cc1cc(C(C)(C)C)c(O)c(C(C)(C)C)c1)C(=O)OCC. The zero-order valence-electron chi connectivity index (χ0n) is 31.7. The first-order chi connectivity index (χ1) is 21.8. The number of benzene rings is 2. The minimum atomic E-state index is -1.08. The molecule has 2 rings (SSSR count). The maximum absolute atomic E-state index is 13.6. The fourth-order valence-corrected chi connectivity index (χ4v) is 5.61. The number of nitrogens with one attached hydrogen (secondary N) is 2. The van der Waals surface area contributed by atoms with Crippen LogP contribution in [0.4, 0.5) is 4.79 Å². The van der Waals surface area contributed by atoms with E-state index in [0.717, 1.165) is 33.4 Å². The van der Waals surface area contributed by atoms with Crippen LogP contribution in [-0.2, 0) is 53.6 Å². The third kappa shape index (κ3) is 10.6. The molecule has 268 valence electrons. The van der Waals surface area contributed by atoms with Crippen LogP contribution in [0.15, 0.2) is 24.3 Å². The summed E-state index contributed by atoms with van der Waals surface area (Å²) in [5, 5.41) is 27.8. The van der Waals surface area contributed by atoms with Crippen molar-refractivity contribution in [1.29, 1.82) is 0 Å². The highest BCUT2D eigenvalue weighted by Crippen LogP contribution is 2.41. The Bertz CT molecular complexity index is 1290. The molecule has 9 heteroatoms. The predicted molar refractivity (Wildman–Crippen MR) is 191 cm³/mol. The van der Waals surface area contributed by atoms with Gasteiger partial charge in [0.15, 0.2) is 0 Å². The summed E-state index contributed by atoms with van der Waals surface area (Å²) in [5.41, 5.74) is 2.89. The van der Waals surface area contributed by atoms with Gasteiger partial charge in [-0.25, -0.2) is 14.4 Å². The Hall–Kier alpha value is -3.75. The molecule has 0 radical (unpaired) electrons. The number of urea groups is 1. The lowest BCUT2D eigenvalue weighted by Gasteiger charge is -2.29. The molecule has 48 heavy (non-hydrogen) atoms. The quantitative estimate of drug-likeness (QED) is 0.196. The summed E-state index contributed by atoms with van der Waals surface area (Å²) in [6.07, 6.45) is 0.204. The Morgan fingerprint density at radius 1 is 0.562 bits per heavy atom. The Morgan fingerprint density at radius 3 is 1.02 bits per heavy atom. The lowest BCUT2D eigenvalue weighted by atomic mass is 9.78. The van der Waals surface area contributed by atoms with Crippen molar-refractivity contribution in [3.8, 4) is 11.5 Å². The van der Waals surface area contributed by atoms with Gasteiger partial charge in [-0.05, 0) is 68.9 Å². The van der Waals surface area contributed by atoms with Gasteiger partial charge in [0, 0.05) is 12.8 Å². The van der Waals surface area contributed by atoms with Gasteiger partial charge in [0.2, 0.25) is 0 Å². The van der Waals surface area contributed by atoms with Crippen molar-refractivity contribution in [2.45, 2.75) is 144 Å². The van der Waals surface area contributed by atoms with Crippen molar-refractivity contribution in [3.63, 3.8) is 0 Å². The zero-order chi connectivity index (χ0) is 37.0. The molecule has 9 nitrogen and oxygen atoms in total. The van der Waals surface area contributed by atoms with E-state index >= 15 is 0 Å². The average Bonchev–Trinajstić information content (AvgIpc) is 2.91. The van der Waals surface area contributed by atoms with Crippen LogP contribution in [0.5, 0.6) is 11.5 Å². The molecule has 2 amide bonds. The molecule has 0 spiro atoms. The van der Waals surface area contributed by atoms with E-state index < -0.39 is 30.1 Å². The minimum Gasteiger partial charge on any atom is -0.507 e. The molecule has 0 aliphatic heterocycles. The Kier molecular flexibility index (Phi) is 12.8. The van der Waals surface area contributed by atoms with Crippen molar-refractivity contribution in [3.05, 3.63) is 57.6 Å². The first-order valence-electron chi connectivity index (χ1n) is 16.9. The van der Waals surface area contributed by atoms with E-state index in [0.29, 0.717) is 0 Å². The van der Waals surface area contributed by atoms with Gasteiger partial charge in [0.1, 0.15) is 23.6 Å². The highest BCUT2D eigenvalue weighted by Gasteiger charge is 2.32. The number of carbonyl (C=O) groups is 3. The predicted octanol–water partition coefficient (Wildman–Crippen LogP) is 7.24. The van der Waals surface area contributed by atoms with Gasteiger partial charge in [0.05, 0.1) is 13.2 Å². The van der Waals surface area contributed by atoms with E-state index in [-0.39, 0.29) is 59.2 Å². The van der Waals surface area contributed by atoms with Gasteiger partial charge in [-0.2, -0.15) is 0 Å². The lowest BCUT2D eigenvalue weighted by Crippen LogP contribution is -2.53. The maximum atomic E-state index is 13.6. The third-order valence-corrected chi connectivity index (χ3v) is 8.20. The number of phenolic OH excluding ortho intramolecular Hbond substituents is 2. The van der Waals surface area contributed by atoms with Gasteiger partial charge < -0.3 is 30.3 Å². The zero-order valence-corrected chi connectivity index (χ0v) is 31.7. The number of ether oxygens (including phenoxy) is 2. The van der Waals surface area contributed by atoms with Crippen LogP contribution in [0.1, 0.15) is 130 Å². The molecule has 2 aromatic rings. The number of hydrogen-bond acceptors (Lipinski definition) is 7. The molecule has 0 fully saturated rings. The van der Waals surface area contributed by atoms with E-state index in [1.807, 2.05) is 107 Å². The number of esters is 2. The summed E-state index contributed by atoms with van der Waals surface area (Å²) in [5.74, 6) is -0.807. The topological polar surface area (TPSA) is 134 Å². The van der Waals surface area contributed by atoms with E-state index in [2.05, 4.69) is 10.6 Å². The minimum absolute atomic E-state index is 0.102. The normalized spacial score (nSPS) is 13.8. The van der Waals surface area contributed by atoms with Crippen molar-refractivity contribution in [2.75, 3.05) is 13.2 Å². The second-order valence-corrected chi connectivity index (χ2v) is 16.7. The summed E-state index contributed by atoms with van der Waals surface area (Å²) in [6, 6.07) is 4.57. The van der Waals surface area contributed by atoms with Crippen LogP contribution < -0.4 is 10.6 Å². The number of carbonyl (C=O) groups excluding carboxylic acids is 3. The summed E-state index contributed by atoms with van der Waals surface area (Å²) in [4.78, 5) is 39.9. The molecule has 0 aliphatic rings. The Labute approximate surface area is 288 Å². The van der Waals surface area contributed by atoms with Crippen LogP contribution >= 0.6 is 0 Å². The number of hydrogen-bond donors (Lipinski definition) is 4. The molecule has 0 bridgehead atoms. The number of aromatic hydroxyl groups is 2. The standard InChI is InChI=1S/C39H60N2O7/c1-15-47-33(44)29(21-23-17-25(36(3,4)5)31(42)26(18-23)37(6,7)8)40-35(46)41-30(34(45)48-16-2)22-24-19-27(38(9,10)11)32(43)28(20-24)39(12,13)14/h17-20,29-30,42-43H,15-16,21-22H2,1-14H3,(H2,40,41,46). The first kappa shape index (κ1) is 40.4. The van der Waals surface area contributed by atoms with Gasteiger partial charge in [-0.15, -0.1) is 0 Å². The average molecular weight is 669 g/mol. The van der Waals surface area contributed by atoms with Crippen molar-refractivity contribution >= 4 is 18.0 Å². The van der Waals surface area contributed by atoms with Crippen LogP contribution in [-0.4, -0.2) is 53.5 Å². The smallest absolute Gasteiger partial charge is 0.329 e. The molecule has 2 unspecified atom stereocenters. The maximum Gasteiger partial charge on any atom is 0.329 e. The highest BCUT2D eigenvalue weighted by molar-refractivity contribution is 5.87. The molecule has 4 N–H and O–H groups in total. The molecule has 0 saturated carbocycles. The second-order valence-electron chi connectivity index (χ2n) is 16.7. The summed E-state index contributed by atoms with van der Waals surface area (Å²) in [6.45, 7) is 27.7. The molecule has 0 aromatic heterocycles. The van der Waals surface area contributed by atoms with Gasteiger partial charge in [-0.1, -0.05) is 107 Å². The number of rotatable bonds is 10. The van der Waals surface area contributed by atoms with Crippen molar-refractivity contribution in [2.24, 2.45) is 0 Å². The van der Waals surface area contributed by atoms with E-state index in [1.165, 1.54) is 0 Å². The van der Waals surface area contributed by atoms with E-state index in [9.17, 15) is 24.6 Å². The summed E-state index contributed by atoms with van der Waals surface area (Å²) in [7, 11) is 0. The number of amides is 2. The van der Waals surface area contributed by atoms with Crippen molar-refractivity contribution in [1.82, 2.24) is 10.6 Å². The fraction of sp³-hybridized carbons (Fsp3) is 0.615. The van der Waals surface area contributed by atoms with E-state index in [4.69, 9.17) is 9.47 Å². The van der Waals surface area contributed by atoms with Crippen LogP contribution in [0.2, 0.25) is 0 Å². The van der Waals surface area contributed by atoms with Crippen LogP contribution in [0.25, 0.3) is 0 Å². The molecule has 2 atom stereocenters. The van der Waals surface area contributed by atoms with Gasteiger partial charge in [-0.3, -0.25) is 0 Å². The molecule has 0 saturated heterocycles. The summed E-state index contributed by atoms with van der Waals surface area (Å²) >= 11 is 0. The second kappa shape index (κ2) is 15.2. The Balaban J connectivity index is 2.52. The van der Waals surface area contributed by atoms with Crippen molar-refractivity contribution < 1.29 is 34.1 Å². The third-order valence-electron chi connectivity index (χ3n) is 8.20. The molecule has 0 heterocycles. The Morgan fingerprint density at radius 2 is 0.812 bits per heavy atom. The monoisotopic (exact) mass is 668 g/mol. The number of phenols is 2. The molecular weight excluding hydrogens is 608 g/mol. The van der Waals surface area contributed by atoms with Crippen LogP contribution in [0, 0.1) is 0 Å². The van der Waals surface area contributed by atoms with Gasteiger partial charge >= 0.3 is 18.0 Å².